The van der Waals surface area contributed by atoms with Gasteiger partial charge in [0.15, 0.2) is 0 Å². The molecule has 0 unspecified atom stereocenters. The van der Waals surface area contributed by atoms with Crippen LogP contribution in [0.15, 0.2) is 48.8 Å². The van der Waals surface area contributed by atoms with Crippen LogP contribution in [0.1, 0.15) is 27.4 Å². The molecule has 2 heterocycles. The predicted molar refractivity (Wildman–Crippen MR) is 98.6 cm³/mol. The Morgan fingerprint density at radius 3 is 2.70 bits per heavy atom. The van der Waals surface area contributed by atoms with Crippen LogP contribution in [0.2, 0.25) is 0 Å². The van der Waals surface area contributed by atoms with Crippen molar-refractivity contribution in [1.82, 2.24) is 9.88 Å². The number of ether oxygens (including phenoxy) is 1. The minimum atomic E-state index is -0.639. The number of likely N-dealkylation sites (tertiary alicyclic amines) is 1. The summed E-state index contributed by atoms with van der Waals surface area (Å²) in [5.41, 5.74) is 2.14. The molecule has 1 aliphatic heterocycles. The average molecular weight is 361 g/mol. The molecule has 1 amide bonds. The molecule has 1 saturated heterocycles. The number of rotatable bonds is 4. The van der Waals surface area contributed by atoms with E-state index in [9.17, 15) is 15.2 Å². The lowest BCUT2D eigenvalue weighted by molar-refractivity contribution is -0.00588. The van der Waals surface area contributed by atoms with E-state index >= 15 is 0 Å². The number of pyridine rings is 1. The van der Waals surface area contributed by atoms with Crippen molar-refractivity contribution in [3.8, 4) is 17.9 Å². The molecule has 0 bridgehead atoms. The molecule has 0 radical (unpaired) electrons. The monoisotopic (exact) mass is 361 g/mol. The number of amides is 1. The Kier molecular flexibility index (Phi) is 5.83. The van der Waals surface area contributed by atoms with Crippen LogP contribution in [-0.2, 0) is 4.74 Å². The molecule has 6 heteroatoms. The lowest BCUT2D eigenvalue weighted by atomic mass is 9.75. The summed E-state index contributed by atoms with van der Waals surface area (Å²) in [5, 5.41) is 19.5. The summed E-state index contributed by atoms with van der Waals surface area (Å²) in [6.07, 6.45) is 3.05. The molecule has 1 aromatic carbocycles. The molecule has 3 atom stereocenters. The summed E-state index contributed by atoms with van der Waals surface area (Å²) in [5.74, 6) is 5.32. The van der Waals surface area contributed by atoms with E-state index in [2.05, 4.69) is 22.9 Å². The maximum absolute atomic E-state index is 12.7. The molecule has 1 aliphatic rings. The zero-order chi connectivity index (χ0) is 19.2. The maximum Gasteiger partial charge on any atom is 0.256 e. The van der Waals surface area contributed by atoms with Gasteiger partial charge in [0.2, 0.25) is 0 Å². The van der Waals surface area contributed by atoms with Crippen molar-refractivity contribution in [2.24, 2.45) is 0 Å². The van der Waals surface area contributed by atoms with Gasteiger partial charge >= 0.3 is 0 Å². The standard InChI is InChI=1S/C21H19N3O3/c1-27-11-3-4-15-6-8-16(9-7-15)20-18(12-22)24(19(20)14-25)21(26)17-5-2-10-23-13-17/h2,5-10,13,18-20,25H,11,14H2,1H3/t18-,19-,20+/m1/s1. The summed E-state index contributed by atoms with van der Waals surface area (Å²) in [6.45, 7) is 0.142. The topological polar surface area (TPSA) is 86.5 Å². The van der Waals surface area contributed by atoms with Gasteiger partial charge in [-0.1, -0.05) is 24.0 Å². The van der Waals surface area contributed by atoms with E-state index in [1.165, 1.54) is 11.1 Å². The number of methoxy groups -OCH3 is 1. The van der Waals surface area contributed by atoms with Crippen LogP contribution in [0.3, 0.4) is 0 Å². The number of hydrogen-bond donors (Lipinski definition) is 1. The molecule has 1 aromatic heterocycles. The Morgan fingerprint density at radius 2 is 2.11 bits per heavy atom. The lowest BCUT2D eigenvalue weighted by Crippen LogP contribution is -2.65. The second-order valence-corrected chi connectivity index (χ2v) is 6.16. The third kappa shape index (κ3) is 3.68. The Labute approximate surface area is 158 Å². The van der Waals surface area contributed by atoms with Crippen molar-refractivity contribution < 1.29 is 14.6 Å². The molecule has 0 saturated carbocycles. The summed E-state index contributed by atoms with van der Waals surface area (Å²) in [6, 6.07) is 11.9. The first-order valence-corrected chi connectivity index (χ1v) is 8.52. The first-order chi connectivity index (χ1) is 13.2. The van der Waals surface area contributed by atoms with E-state index in [1.54, 1.807) is 25.4 Å². The lowest BCUT2D eigenvalue weighted by Gasteiger charge is -2.51. The van der Waals surface area contributed by atoms with E-state index in [0.29, 0.717) is 12.2 Å². The van der Waals surface area contributed by atoms with Crippen LogP contribution in [-0.4, -0.2) is 53.3 Å². The summed E-state index contributed by atoms with van der Waals surface area (Å²) in [4.78, 5) is 18.1. The van der Waals surface area contributed by atoms with Gasteiger partial charge in [-0.05, 0) is 29.8 Å². The van der Waals surface area contributed by atoms with E-state index in [0.717, 1.165) is 11.1 Å². The minimum Gasteiger partial charge on any atom is -0.394 e. The van der Waals surface area contributed by atoms with Gasteiger partial charge in [-0.25, -0.2) is 0 Å². The van der Waals surface area contributed by atoms with Crippen LogP contribution in [0.25, 0.3) is 0 Å². The molecular formula is C21H19N3O3. The number of aromatic nitrogens is 1. The number of carbonyl (C=O) groups is 1. The first-order valence-electron chi connectivity index (χ1n) is 8.52. The van der Waals surface area contributed by atoms with Crippen LogP contribution in [0.5, 0.6) is 0 Å². The summed E-state index contributed by atoms with van der Waals surface area (Å²) < 4.78 is 4.90. The number of nitriles is 1. The second-order valence-electron chi connectivity index (χ2n) is 6.16. The van der Waals surface area contributed by atoms with Gasteiger partial charge in [-0.15, -0.1) is 0 Å². The van der Waals surface area contributed by atoms with Gasteiger partial charge in [0, 0.05) is 31.0 Å². The van der Waals surface area contributed by atoms with Crippen molar-refractivity contribution in [3.05, 3.63) is 65.5 Å². The molecule has 0 aliphatic carbocycles. The smallest absolute Gasteiger partial charge is 0.256 e. The number of aliphatic hydroxyl groups excluding tert-OH is 1. The molecule has 6 nitrogen and oxygen atoms in total. The predicted octanol–water partition coefficient (Wildman–Crippen LogP) is 1.57. The molecule has 0 spiro atoms. The Balaban J connectivity index is 1.82. The van der Waals surface area contributed by atoms with Gasteiger partial charge < -0.3 is 14.7 Å². The number of benzene rings is 1. The summed E-state index contributed by atoms with van der Waals surface area (Å²) >= 11 is 0. The second kappa shape index (κ2) is 8.46. The summed E-state index contributed by atoms with van der Waals surface area (Å²) in [7, 11) is 1.59. The highest BCUT2D eigenvalue weighted by Crippen LogP contribution is 2.41. The number of aliphatic hydroxyl groups is 1. The van der Waals surface area contributed by atoms with Crippen LogP contribution in [0, 0.1) is 23.2 Å². The number of carbonyl (C=O) groups excluding carboxylic acids is 1. The zero-order valence-corrected chi connectivity index (χ0v) is 14.9. The molecule has 136 valence electrons. The Hall–Kier alpha value is -3.19. The van der Waals surface area contributed by atoms with Gasteiger partial charge in [0.1, 0.15) is 12.6 Å². The number of nitrogens with zero attached hydrogens (tertiary/aromatic N) is 3. The van der Waals surface area contributed by atoms with Gasteiger partial charge in [-0.2, -0.15) is 5.26 Å². The minimum absolute atomic E-state index is 0.218. The first kappa shape index (κ1) is 18.6. The van der Waals surface area contributed by atoms with Gasteiger partial charge in [-0.3, -0.25) is 9.78 Å². The van der Waals surface area contributed by atoms with Crippen molar-refractivity contribution in [2.45, 2.75) is 18.0 Å². The van der Waals surface area contributed by atoms with Crippen LogP contribution < -0.4 is 0 Å². The highest BCUT2D eigenvalue weighted by atomic mass is 16.5. The van der Waals surface area contributed by atoms with Crippen LogP contribution >= 0.6 is 0 Å². The normalized spacial score (nSPS) is 20.8. The third-order valence-electron chi connectivity index (χ3n) is 4.62. The van der Waals surface area contributed by atoms with Crippen molar-refractivity contribution in [2.75, 3.05) is 20.3 Å². The molecule has 2 aromatic rings. The van der Waals surface area contributed by atoms with Gasteiger partial charge in [0.05, 0.1) is 24.3 Å². The van der Waals surface area contributed by atoms with Crippen LogP contribution in [0.4, 0.5) is 0 Å². The third-order valence-corrected chi connectivity index (χ3v) is 4.62. The fourth-order valence-corrected chi connectivity index (χ4v) is 3.32. The van der Waals surface area contributed by atoms with E-state index in [1.807, 2.05) is 24.3 Å². The largest absolute Gasteiger partial charge is 0.394 e. The van der Waals surface area contributed by atoms with E-state index in [-0.39, 0.29) is 18.4 Å². The SMILES string of the molecule is COCC#Cc1ccc([C@H]2[C@@H](C#N)N(C(=O)c3cccnc3)[C@@H]2CO)cc1. The highest BCUT2D eigenvalue weighted by Gasteiger charge is 2.51. The molecule has 27 heavy (non-hydrogen) atoms. The molecular weight excluding hydrogens is 342 g/mol. The van der Waals surface area contributed by atoms with E-state index in [4.69, 9.17) is 4.74 Å². The molecule has 1 N–H and O–H groups in total. The average Bonchev–Trinajstić information content (AvgIpc) is 2.70. The van der Waals surface area contributed by atoms with Crippen molar-refractivity contribution in [3.63, 3.8) is 0 Å². The van der Waals surface area contributed by atoms with Crippen molar-refractivity contribution >= 4 is 5.91 Å². The Morgan fingerprint density at radius 1 is 1.33 bits per heavy atom. The fourth-order valence-electron chi connectivity index (χ4n) is 3.32. The maximum atomic E-state index is 12.7. The fraction of sp³-hybridized carbons (Fsp3) is 0.286. The Bertz CT molecular complexity index is 894. The van der Waals surface area contributed by atoms with Crippen molar-refractivity contribution in [1.29, 1.82) is 5.26 Å². The molecule has 1 fully saturated rings. The van der Waals surface area contributed by atoms with E-state index < -0.39 is 12.1 Å². The number of hydrogen-bond acceptors (Lipinski definition) is 5. The highest BCUT2D eigenvalue weighted by molar-refractivity contribution is 5.95. The zero-order valence-electron chi connectivity index (χ0n) is 14.9. The molecule has 3 rings (SSSR count). The van der Waals surface area contributed by atoms with Gasteiger partial charge in [0.25, 0.3) is 5.91 Å². The quantitative estimate of drug-likeness (QED) is 0.836.